The zero-order valence-electron chi connectivity index (χ0n) is 15.6. The third-order valence-electron chi connectivity index (χ3n) is 9.00. The minimum Gasteiger partial charge on any atom is -0.390 e. The van der Waals surface area contributed by atoms with E-state index in [2.05, 4.69) is 32.0 Å². The van der Waals surface area contributed by atoms with Crippen LogP contribution in [0.4, 0.5) is 5.88 Å². The summed E-state index contributed by atoms with van der Waals surface area (Å²) in [4.78, 5) is 0. The highest BCUT2D eigenvalue weighted by atomic mass is 16.5. The molecule has 0 spiro atoms. The smallest absolute Gasteiger partial charge is 0.225 e. The summed E-state index contributed by atoms with van der Waals surface area (Å²) in [6, 6.07) is 0. The Morgan fingerprint density at radius 2 is 1.92 bits per heavy atom. The lowest BCUT2D eigenvalue weighted by atomic mass is 9.46. The van der Waals surface area contributed by atoms with Gasteiger partial charge in [0.05, 0.1) is 5.60 Å². The van der Waals surface area contributed by atoms with E-state index in [0.717, 1.165) is 42.9 Å². The standard InChI is InChI=1S/C21H30N2O2/c1-19-11-14-17(23-25-18(14)22)10-12(19)4-5-13-15(19)6-8-20(2)16(13)7-9-21(20,3)24/h10,13,15-16,24H,4-9,11,22H2,1-3H3/t13-,15+,16+,19+,20+,21+/m1/s1. The lowest BCUT2D eigenvalue weighted by Gasteiger charge is -2.58. The largest absolute Gasteiger partial charge is 0.390 e. The number of aliphatic hydroxyl groups is 1. The molecule has 0 radical (unpaired) electrons. The van der Waals surface area contributed by atoms with Crippen LogP contribution in [0.1, 0.15) is 70.6 Å². The van der Waals surface area contributed by atoms with Crippen LogP contribution in [0.25, 0.3) is 6.08 Å². The summed E-state index contributed by atoms with van der Waals surface area (Å²) in [7, 11) is 0. The van der Waals surface area contributed by atoms with Crippen LogP contribution in [-0.4, -0.2) is 15.9 Å². The number of rotatable bonds is 0. The van der Waals surface area contributed by atoms with Gasteiger partial charge in [0.15, 0.2) is 0 Å². The molecular weight excluding hydrogens is 312 g/mol. The van der Waals surface area contributed by atoms with Crippen molar-refractivity contribution in [2.75, 3.05) is 5.73 Å². The molecule has 0 aliphatic heterocycles. The van der Waals surface area contributed by atoms with Crippen molar-refractivity contribution in [3.05, 3.63) is 16.8 Å². The van der Waals surface area contributed by atoms with E-state index in [4.69, 9.17) is 10.3 Å². The van der Waals surface area contributed by atoms with Crippen LogP contribution in [0, 0.1) is 28.6 Å². The van der Waals surface area contributed by atoms with Crippen LogP contribution in [0.2, 0.25) is 0 Å². The minimum atomic E-state index is -0.502. The Hall–Kier alpha value is -1.29. The van der Waals surface area contributed by atoms with Crippen LogP contribution in [0.15, 0.2) is 10.1 Å². The van der Waals surface area contributed by atoms with Crippen molar-refractivity contribution < 1.29 is 9.63 Å². The number of fused-ring (bicyclic) bond motifs is 6. The van der Waals surface area contributed by atoms with Crippen molar-refractivity contribution in [3.63, 3.8) is 0 Å². The summed E-state index contributed by atoms with van der Waals surface area (Å²) in [5.41, 5.74) is 9.42. The summed E-state index contributed by atoms with van der Waals surface area (Å²) < 4.78 is 5.27. The highest BCUT2D eigenvalue weighted by Gasteiger charge is 2.62. The molecule has 3 N–H and O–H groups in total. The first-order chi connectivity index (χ1) is 11.8. The molecule has 1 heterocycles. The summed E-state index contributed by atoms with van der Waals surface area (Å²) in [5.74, 6) is 2.55. The fraction of sp³-hybridized carbons (Fsp3) is 0.762. The van der Waals surface area contributed by atoms with E-state index in [1.807, 2.05) is 0 Å². The summed E-state index contributed by atoms with van der Waals surface area (Å²) >= 11 is 0. The molecule has 0 saturated heterocycles. The SMILES string of the molecule is C[C@]12Cc3c(noc3N)C=C1CC[C@@H]1[C@@H]2CC[C@@]2(C)[C@H]1CC[C@]2(C)O. The van der Waals surface area contributed by atoms with Crippen molar-refractivity contribution in [1.82, 2.24) is 5.16 Å². The molecule has 1 aromatic rings. The van der Waals surface area contributed by atoms with Gasteiger partial charge >= 0.3 is 0 Å². The van der Waals surface area contributed by atoms with Gasteiger partial charge in [-0.25, -0.2) is 0 Å². The number of anilines is 1. The second kappa shape index (κ2) is 4.70. The molecule has 0 unspecified atom stereocenters. The summed E-state index contributed by atoms with van der Waals surface area (Å²) in [6.07, 6.45) is 10.1. The number of nitrogens with zero attached hydrogens (tertiary/aromatic N) is 1. The Balaban J connectivity index is 1.54. The molecule has 25 heavy (non-hydrogen) atoms. The van der Waals surface area contributed by atoms with Crippen molar-refractivity contribution in [2.45, 2.75) is 71.3 Å². The average Bonchev–Trinajstić information content (AvgIpc) is 3.02. The number of nitrogen functional groups attached to an aromatic ring is 1. The van der Waals surface area contributed by atoms with Crippen LogP contribution < -0.4 is 5.73 Å². The first kappa shape index (κ1) is 15.9. The number of nitrogens with two attached hydrogens (primary N) is 1. The second-order valence-electron chi connectivity index (χ2n) is 9.86. The third-order valence-corrected chi connectivity index (χ3v) is 9.00. The van der Waals surface area contributed by atoms with Crippen LogP contribution in [0.3, 0.4) is 0 Å². The fourth-order valence-electron chi connectivity index (χ4n) is 7.21. The van der Waals surface area contributed by atoms with Crippen LogP contribution in [0.5, 0.6) is 0 Å². The van der Waals surface area contributed by atoms with Crippen molar-refractivity contribution in [3.8, 4) is 0 Å². The van der Waals surface area contributed by atoms with Gasteiger partial charge in [0.1, 0.15) is 5.69 Å². The molecule has 4 aliphatic carbocycles. The number of allylic oxidation sites excluding steroid dienone is 1. The average molecular weight is 342 g/mol. The quantitative estimate of drug-likeness (QED) is 0.741. The van der Waals surface area contributed by atoms with Crippen molar-refractivity contribution in [1.29, 1.82) is 0 Å². The first-order valence-electron chi connectivity index (χ1n) is 9.94. The van der Waals surface area contributed by atoms with E-state index in [0.29, 0.717) is 17.7 Å². The molecule has 136 valence electrons. The van der Waals surface area contributed by atoms with Gasteiger partial charge in [-0.05, 0) is 86.5 Å². The Morgan fingerprint density at radius 3 is 2.72 bits per heavy atom. The van der Waals surface area contributed by atoms with Gasteiger partial charge in [-0.15, -0.1) is 0 Å². The van der Waals surface area contributed by atoms with E-state index in [1.54, 1.807) is 5.57 Å². The summed E-state index contributed by atoms with van der Waals surface area (Å²) in [5, 5.41) is 15.2. The zero-order valence-corrected chi connectivity index (χ0v) is 15.6. The topological polar surface area (TPSA) is 72.3 Å². The maximum atomic E-state index is 11.0. The molecule has 0 amide bonds. The fourth-order valence-corrected chi connectivity index (χ4v) is 7.21. The molecule has 4 nitrogen and oxygen atoms in total. The van der Waals surface area contributed by atoms with Crippen molar-refractivity contribution in [2.24, 2.45) is 28.6 Å². The molecule has 4 aliphatic rings. The predicted molar refractivity (Wildman–Crippen MR) is 97.6 cm³/mol. The van der Waals surface area contributed by atoms with Gasteiger partial charge in [-0.2, -0.15) is 0 Å². The molecule has 1 aromatic heterocycles. The molecule has 3 saturated carbocycles. The first-order valence-corrected chi connectivity index (χ1v) is 9.94. The molecule has 0 aromatic carbocycles. The molecule has 0 bridgehead atoms. The number of hydrogen-bond acceptors (Lipinski definition) is 4. The van der Waals surface area contributed by atoms with E-state index in [1.165, 1.54) is 19.3 Å². The Bertz CT molecular complexity index is 764. The van der Waals surface area contributed by atoms with Crippen LogP contribution >= 0.6 is 0 Å². The summed E-state index contributed by atoms with van der Waals surface area (Å²) in [6.45, 7) is 6.88. The molecule has 6 atom stereocenters. The zero-order chi connectivity index (χ0) is 17.6. The monoisotopic (exact) mass is 342 g/mol. The normalized spacial score (nSPS) is 48.2. The van der Waals surface area contributed by atoms with Gasteiger partial charge in [-0.1, -0.05) is 24.6 Å². The van der Waals surface area contributed by atoms with E-state index in [9.17, 15) is 5.11 Å². The minimum absolute atomic E-state index is 0.0851. The second-order valence-corrected chi connectivity index (χ2v) is 9.86. The molecular formula is C21H30N2O2. The molecule has 4 heteroatoms. The molecule has 5 rings (SSSR count). The third kappa shape index (κ3) is 1.84. The maximum Gasteiger partial charge on any atom is 0.225 e. The van der Waals surface area contributed by atoms with Gasteiger partial charge in [0, 0.05) is 5.56 Å². The van der Waals surface area contributed by atoms with Gasteiger partial charge in [0.2, 0.25) is 5.88 Å². The lowest BCUT2D eigenvalue weighted by Crippen LogP contribution is -2.54. The Morgan fingerprint density at radius 1 is 1.16 bits per heavy atom. The van der Waals surface area contributed by atoms with Gasteiger partial charge in [0.25, 0.3) is 0 Å². The lowest BCUT2D eigenvalue weighted by molar-refractivity contribution is -0.116. The maximum absolute atomic E-state index is 11.0. The number of aromatic nitrogens is 1. The van der Waals surface area contributed by atoms with Gasteiger partial charge in [-0.3, -0.25) is 0 Å². The predicted octanol–water partition coefficient (Wildman–Crippen LogP) is 4.19. The Labute approximate surface area is 149 Å². The molecule has 3 fully saturated rings. The van der Waals surface area contributed by atoms with E-state index in [-0.39, 0.29) is 10.8 Å². The van der Waals surface area contributed by atoms with E-state index >= 15 is 0 Å². The highest BCUT2D eigenvalue weighted by Crippen LogP contribution is 2.67. The van der Waals surface area contributed by atoms with Crippen LogP contribution in [-0.2, 0) is 6.42 Å². The van der Waals surface area contributed by atoms with Gasteiger partial charge < -0.3 is 15.4 Å². The number of hydrogen-bond donors (Lipinski definition) is 2. The van der Waals surface area contributed by atoms with E-state index < -0.39 is 5.60 Å². The highest BCUT2D eigenvalue weighted by molar-refractivity contribution is 5.63. The van der Waals surface area contributed by atoms with Crippen molar-refractivity contribution >= 4 is 12.0 Å². The Kier molecular flexibility index (Phi) is 3.00.